The first-order valence-corrected chi connectivity index (χ1v) is 7.14. The Labute approximate surface area is 128 Å². The van der Waals surface area contributed by atoms with Crippen molar-refractivity contribution in [2.45, 2.75) is 25.3 Å². The zero-order valence-corrected chi connectivity index (χ0v) is 12.1. The molecule has 2 amide bonds. The van der Waals surface area contributed by atoms with E-state index in [1.165, 1.54) is 4.90 Å². The highest BCUT2D eigenvalue weighted by molar-refractivity contribution is 5.93. The van der Waals surface area contributed by atoms with Crippen LogP contribution in [0.5, 0.6) is 0 Å². The van der Waals surface area contributed by atoms with E-state index in [-0.39, 0.29) is 31.2 Å². The normalized spacial score (nSPS) is 20.2. The maximum atomic E-state index is 12.2. The van der Waals surface area contributed by atoms with Gasteiger partial charge < -0.3 is 15.0 Å². The number of nitrogens with zero attached hydrogens (tertiary/aromatic N) is 2. The molecule has 1 aliphatic rings. The lowest BCUT2D eigenvalue weighted by atomic mass is 10.1. The van der Waals surface area contributed by atoms with Crippen LogP contribution < -0.4 is 5.32 Å². The van der Waals surface area contributed by atoms with Gasteiger partial charge in [-0.3, -0.25) is 9.59 Å². The summed E-state index contributed by atoms with van der Waals surface area (Å²) >= 11 is 0. The topological polar surface area (TPSA) is 90.3 Å². The van der Waals surface area contributed by atoms with Crippen molar-refractivity contribution in [3.8, 4) is 6.07 Å². The molecule has 0 spiro atoms. The summed E-state index contributed by atoms with van der Waals surface area (Å²) in [6.07, 6.45) is 1.21. The van der Waals surface area contributed by atoms with Crippen molar-refractivity contribution in [2.75, 3.05) is 11.9 Å². The van der Waals surface area contributed by atoms with Crippen molar-refractivity contribution in [1.82, 2.24) is 4.90 Å². The van der Waals surface area contributed by atoms with Crippen LogP contribution in [0.2, 0.25) is 0 Å². The van der Waals surface area contributed by atoms with Crippen LogP contribution in [0, 0.1) is 17.2 Å². The number of carbonyl (C=O) groups is 3. The number of nitrogens with one attached hydrogen (secondary N) is 1. The number of rotatable bonds is 5. The van der Waals surface area contributed by atoms with Crippen LogP contribution in [0.25, 0.3) is 0 Å². The van der Waals surface area contributed by atoms with E-state index in [9.17, 15) is 14.4 Å². The van der Waals surface area contributed by atoms with Crippen LogP contribution in [0.3, 0.4) is 0 Å². The Balaban J connectivity index is 1.99. The summed E-state index contributed by atoms with van der Waals surface area (Å²) in [5.74, 6) is -0.865. The smallest absolute Gasteiger partial charge is 0.229 e. The van der Waals surface area contributed by atoms with E-state index in [0.29, 0.717) is 18.4 Å². The number of amides is 2. The predicted octanol–water partition coefficient (Wildman–Crippen LogP) is 1.34. The molecule has 6 nitrogen and oxygen atoms in total. The van der Waals surface area contributed by atoms with Crippen LogP contribution in [0.15, 0.2) is 30.3 Å². The van der Waals surface area contributed by atoms with E-state index >= 15 is 0 Å². The minimum atomic E-state index is -0.606. The van der Waals surface area contributed by atoms with Crippen LogP contribution in [-0.2, 0) is 14.4 Å². The molecule has 1 saturated heterocycles. The second-order valence-electron chi connectivity index (χ2n) is 5.18. The third-order valence-corrected chi connectivity index (χ3v) is 3.66. The van der Waals surface area contributed by atoms with E-state index < -0.39 is 12.0 Å². The van der Waals surface area contributed by atoms with E-state index in [1.807, 2.05) is 18.2 Å². The Morgan fingerprint density at radius 1 is 1.36 bits per heavy atom. The van der Waals surface area contributed by atoms with Crippen LogP contribution in [0.1, 0.15) is 19.3 Å². The summed E-state index contributed by atoms with van der Waals surface area (Å²) in [4.78, 5) is 36.0. The van der Waals surface area contributed by atoms with Crippen molar-refractivity contribution >= 4 is 23.8 Å². The minimum absolute atomic E-state index is 0.0781. The van der Waals surface area contributed by atoms with E-state index in [4.69, 9.17) is 5.26 Å². The lowest BCUT2D eigenvalue weighted by Gasteiger charge is -2.19. The molecule has 0 saturated carbocycles. The zero-order valence-electron chi connectivity index (χ0n) is 12.1. The van der Waals surface area contributed by atoms with Crippen molar-refractivity contribution in [3.63, 3.8) is 0 Å². The molecule has 1 aromatic rings. The summed E-state index contributed by atoms with van der Waals surface area (Å²) in [7, 11) is 0. The van der Waals surface area contributed by atoms with Gasteiger partial charge in [0.1, 0.15) is 12.3 Å². The molecule has 1 N–H and O–H groups in total. The number of hydrogen-bond donors (Lipinski definition) is 1. The van der Waals surface area contributed by atoms with Gasteiger partial charge in [-0.15, -0.1) is 0 Å². The van der Waals surface area contributed by atoms with Gasteiger partial charge in [-0.2, -0.15) is 5.26 Å². The monoisotopic (exact) mass is 299 g/mol. The summed E-state index contributed by atoms with van der Waals surface area (Å²) in [5, 5.41) is 11.9. The molecular formula is C16H17N3O3. The lowest BCUT2D eigenvalue weighted by Crippen LogP contribution is -2.35. The summed E-state index contributed by atoms with van der Waals surface area (Å²) < 4.78 is 0. The Morgan fingerprint density at radius 2 is 2.09 bits per heavy atom. The molecule has 1 aromatic carbocycles. The highest BCUT2D eigenvalue weighted by Gasteiger charge is 2.38. The van der Waals surface area contributed by atoms with Crippen LogP contribution >= 0.6 is 0 Å². The molecule has 22 heavy (non-hydrogen) atoms. The van der Waals surface area contributed by atoms with Gasteiger partial charge >= 0.3 is 0 Å². The molecule has 1 heterocycles. The Hall–Kier alpha value is -2.68. The molecule has 1 aliphatic heterocycles. The molecule has 0 radical (unpaired) electrons. The quantitative estimate of drug-likeness (QED) is 0.831. The summed E-state index contributed by atoms with van der Waals surface area (Å²) in [6, 6.07) is 10.5. The van der Waals surface area contributed by atoms with Crippen molar-refractivity contribution in [2.24, 2.45) is 5.92 Å². The number of likely N-dealkylation sites (tertiary alicyclic amines) is 1. The number of para-hydroxylation sites is 1. The molecule has 0 aliphatic carbocycles. The first kappa shape index (κ1) is 15.7. The SMILES string of the molecule is N#CC1CC(C(=O)Nc2ccccc2)CN1C(=O)CCC=O. The first-order valence-electron chi connectivity index (χ1n) is 7.14. The third-order valence-electron chi connectivity index (χ3n) is 3.66. The summed E-state index contributed by atoms with van der Waals surface area (Å²) in [5.41, 5.74) is 0.687. The molecule has 114 valence electrons. The number of benzene rings is 1. The Morgan fingerprint density at radius 3 is 2.73 bits per heavy atom. The number of carbonyl (C=O) groups excluding carboxylic acids is 3. The number of nitriles is 1. The van der Waals surface area contributed by atoms with Crippen LogP contribution in [0.4, 0.5) is 5.69 Å². The molecule has 6 heteroatoms. The molecule has 0 aromatic heterocycles. The second-order valence-corrected chi connectivity index (χ2v) is 5.18. The molecular weight excluding hydrogens is 282 g/mol. The summed E-state index contributed by atoms with van der Waals surface area (Å²) in [6.45, 7) is 0.217. The average molecular weight is 299 g/mol. The van der Waals surface area contributed by atoms with Crippen molar-refractivity contribution in [3.05, 3.63) is 30.3 Å². The molecule has 2 rings (SSSR count). The number of anilines is 1. The Kier molecular flexibility index (Phi) is 5.26. The fourth-order valence-corrected chi connectivity index (χ4v) is 2.52. The molecule has 2 atom stereocenters. The molecule has 2 unspecified atom stereocenters. The van der Waals surface area contributed by atoms with Crippen molar-refractivity contribution in [1.29, 1.82) is 5.26 Å². The predicted molar refractivity (Wildman–Crippen MR) is 79.6 cm³/mol. The lowest BCUT2D eigenvalue weighted by molar-refractivity contribution is -0.132. The fraction of sp³-hybridized carbons (Fsp3) is 0.375. The number of aldehydes is 1. The van der Waals surface area contributed by atoms with Gasteiger partial charge in [0.05, 0.1) is 12.0 Å². The van der Waals surface area contributed by atoms with E-state index in [1.54, 1.807) is 12.1 Å². The van der Waals surface area contributed by atoms with Gasteiger partial charge in [0, 0.05) is 25.1 Å². The third kappa shape index (κ3) is 3.70. The highest BCUT2D eigenvalue weighted by Crippen LogP contribution is 2.25. The van der Waals surface area contributed by atoms with Gasteiger partial charge in [0.15, 0.2) is 0 Å². The molecule has 0 bridgehead atoms. The highest BCUT2D eigenvalue weighted by atomic mass is 16.2. The van der Waals surface area contributed by atoms with Crippen LogP contribution in [-0.4, -0.2) is 35.6 Å². The Bertz CT molecular complexity index is 594. The van der Waals surface area contributed by atoms with Gasteiger partial charge in [-0.1, -0.05) is 18.2 Å². The largest absolute Gasteiger partial charge is 0.326 e. The van der Waals surface area contributed by atoms with Gasteiger partial charge in [0.2, 0.25) is 11.8 Å². The minimum Gasteiger partial charge on any atom is -0.326 e. The first-order chi connectivity index (χ1) is 10.7. The fourth-order valence-electron chi connectivity index (χ4n) is 2.52. The second kappa shape index (κ2) is 7.36. The van der Waals surface area contributed by atoms with E-state index in [2.05, 4.69) is 11.4 Å². The number of hydrogen-bond acceptors (Lipinski definition) is 4. The van der Waals surface area contributed by atoms with Crippen molar-refractivity contribution < 1.29 is 14.4 Å². The molecule has 1 fully saturated rings. The van der Waals surface area contributed by atoms with Gasteiger partial charge in [-0.25, -0.2) is 0 Å². The van der Waals surface area contributed by atoms with Gasteiger partial charge in [-0.05, 0) is 18.6 Å². The maximum absolute atomic E-state index is 12.2. The standard InChI is InChI=1S/C16H17N3O3/c17-10-14-9-12(11-19(14)15(21)7-4-8-20)16(22)18-13-5-2-1-3-6-13/h1-3,5-6,8,12,14H,4,7,9,11H2,(H,18,22). The van der Waals surface area contributed by atoms with E-state index in [0.717, 1.165) is 0 Å². The maximum Gasteiger partial charge on any atom is 0.229 e. The average Bonchev–Trinajstić information content (AvgIpc) is 2.98. The zero-order chi connectivity index (χ0) is 15.9. The van der Waals surface area contributed by atoms with Gasteiger partial charge in [0.25, 0.3) is 0 Å².